The molecule has 0 spiro atoms. The number of aryl methyl sites for hydroxylation is 1. The topological polar surface area (TPSA) is 3.88 Å². The molecule has 0 aliphatic heterocycles. The van der Waals surface area contributed by atoms with E-state index in [0.717, 1.165) is 6.54 Å². The van der Waals surface area contributed by atoms with Gasteiger partial charge in [0.15, 0.2) is 12.4 Å². The van der Waals surface area contributed by atoms with Gasteiger partial charge in [-0.05, 0) is 17.5 Å². The summed E-state index contributed by atoms with van der Waals surface area (Å²) >= 11 is 0. The molecule has 0 amide bonds. The highest BCUT2D eigenvalue weighted by Gasteiger charge is 2.00. The Kier molecular flexibility index (Phi) is 16.7. The Morgan fingerprint density at radius 2 is 0.912 bits per heavy atom. The summed E-state index contributed by atoms with van der Waals surface area (Å²) in [5.74, 6) is 0. The molecule has 1 nitrogen and oxygen atoms in total. The molecule has 0 saturated carbocycles. The van der Waals surface area contributed by atoms with Gasteiger partial charge in [0.1, 0.15) is 6.54 Å². The van der Waals surface area contributed by atoms with E-state index in [4.69, 9.17) is 0 Å². The second-order valence-electron chi connectivity index (χ2n) is 9.80. The summed E-state index contributed by atoms with van der Waals surface area (Å²) in [4.78, 5) is 0. The third-order valence-corrected chi connectivity index (χ3v) is 6.67. The quantitative estimate of drug-likeness (QED) is 0.105. The van der Waals surface area contributed by atoms with Crippen LogP contribution in [0, 0.1) is 0 Å². The Morgan fingerprint density at radius 3 is 1.38 bits per heavy atom. The van der Waals surface area contributed by atoms with Crippen molar-refractivity contribution in [2.45, 2.75) is 116 Å². The third kappa shape index (κ3) is 14.9. The van der Waals surface area contributed by atoms with Crippen LogP contribution in [0.25, 0.3) is 12.2 Å². The van der Waals surface area contributed by atoms with Crippen molar-refractivity contribution in [2.24, 2.45) is 0 Å². The number of allylic oxidation sites excluding steroid dienone is 2. The van der Waals surface area contributed by atoms with Crippen molar-refractivity contribution in [2.75, 3.05) is 0 Å². The standard InChI is InChI=1S/C33H50N/c1-2-3-4-5-6-7-8-9-10-11-12-13-14-15-16-22-29-34-30-27-33(28-31-34)26-21-20-25-32-23-18-17-19-24-32/h17-21,23-28,30-31H,2-16,22,29H2,1H3/q+1/b25-20+,26-21+. The third-order valence-electron chi connectivity index (χ3n) is 6.67. The first-order valence-electron chi connectivity index (χ1n) is 14.3. The van der Waals surface area contributed by atoms with Crippen molar-refractivity contribution >= 4 is 12.2 Å². The van der Waals surface area contributed by atoms with Crippen LogP contribution in [-0.2, 0) is 6.54 Å². The van der Waals surface area contributed by atoms with Gasteiger partial charge in [-0.15, -0.1) is 0 Å². The van der Waals surface area contributed by atoms with Gasteiger partial charge in [0, 0.05) is 18.6 Å². The summed E-state index contributed by atoms with van der Waals surface area (Å²) in [6.45, 7) is 3.43. The fourth-order valence-corrected chi connectivity index (χ4v) is 4.47. The van der Waals surface area contributed by atoms with Crippen LogP contribution in [0.3, 0.4) is 0 Å². The molecule has 0 saturated heterocycles. The molecule has 0 radical (unpaired) electrons. The molecular formula is C33H50N+. The molecule has 1 aromatic carbocycles. The summed E-state index contributed by atoms with van der Waals surface area (Å²) in [6.07, 6.45) is 35.8. The fraction of sp³-hybridized carbons (Fsp3) is 0.545. The number of benzene rings is 1. The normalized spacial score (nSPS) is 11.7. The van der Waals surface area contributed by atoms with Gasteiger partial charge in [-0.3, -0.25) is 0 Å². The Labute approximate surface area is 211 Å². The molecule has 0 atom stereocenters. The summed E-state index contributed by atoms with van der Waals surface area (Å²) in [7, 11) is 0. The van der Waals surface area contributed by atoms with Crippen molar-refractivity contribution in [1.82, 2.24) is 0 Å². The number of hydrogen-bond acceptors (Lipinski definition) is 0. The van der Waals surface area contributed by atoms with E-state index in [0.29, 0.717) is 0 Å². The Bertz CT molecular complexity index is 757. The van der Waals surface area contributed by atoms with Gasteiger partial charge in [0.05, 0.1) is 0 Å². The highest BCUT2D eigenvalue weighted by molar-refractivity contribution is 5.56. The average molecular weight is 461 g/mol. The molecule has 0 aliphatic rings. The van der Waals surface area contributed by atoms with E-state index < -0.39 is 0 Å². The minimum atomic E-state index is 1.14. The van der Waals surface area contributed by atoms with E-state index in [2.05, 4.69) is 84.6 Å². The van der Waals surface area contributed by atoms with Crippen molar-refractivity contribution in [3.63, 3.8) is 0 Å². The van der Waals surface area contributed by atoms with E-state index in [1.165, 1.54) is 114 Å². The second kappa shape index (κ2) is 20.2. The molecule has 1 heteroatoms. The van der Waals surface area contributed by atoms with Crippen LogP contribution in [0.1, 0.15) is 121 Å². The molecule has 0 unspecified atom stereocenters. The number of nitrogens with zero attached hydrogens (tertiary/aromatic N) is 1. The first-order chi connectivity index (χ1) is 16.9. The molecule has 1 heterocycles. The first-order valence-corrected chi connectivity index (χ1v) is 14.3. The van der Waals surface area contributed by atoms with Crippen molar-refractivity contribution in [3.8, 4) is 0 Å². The minimum Gasteiger partial charge on any atom is -0.205 e. The zero-order valence-corrected chi connectivity index (χ0v) is 22.0. The monoisotopic (exact) mass is 460 g/mol. The Balaban J connectivity index is 1.40. The molecule has 0 aliphatic carbocycles. The molecule has 0 bridgehead atoms. The van der Waals surface area contributed by atoms with Crippen molar-refractivity contribution in [3.05, 3.63) is 78.1 Å². The molecule has 0 N–H and O–H groups in total. The smallest absolute Gasteiger partial charge is 0.169 e. The first kappa shape index (κ1) is 28.1. The number of pyridine rings is 1. The summed E-state index contributed by atoms with van der Waals surface area (Å²) in [6, 6.07) is 14.8. The van der Waals surface area contributed by atoms with Crippen LogP contribution in [0.5, 0.6) is 0 Å². The molecule has 186 valence electrons. The second-order valence-corrected chi connectivity index (χ2v) is 9.80. The van der Waals surface area contributed by atoms with Gasteiger partial charge in [0.25, 0.3) is 0 Å². The van der Waals surface area contributed by atoms with Gasteiger partial charge in [0.2, 0.25) is 0 Å². The summed E-state index contributed by atoms with van der Waals surface area (Å²) in [5, 5.41) is 0. The van der Waals surface area contributed by atoms with Gasteiger partial charge >= 0.3 is 0 Å². The van der Waals surface area contributed by atoms with Crippen molar-refractivity contribution in [1.29, 1.82) is 0 Å². The lowest BCUT2D eigenvalue weighted by Crippen LogP contribution is -2.32. The maximum Gasteiger partial charge on any atom is 0.169 e. The highest BCUT2D eigenvalue weighted by Crippen LogP contribution is 2.13. The summed E-state index contributed by atoms with van der Waals surface area (Å²) < 4.78 is 2.32. The SMILES string of the molecule is CCCCCCCCCCCCCCCCCC[n+]1ccc(/C=C/C=C/c2ccccc2)cc1. The van der Waals surface area contributed by atoms with Crippen LogP contribution in [0.2, 0.25) is 0 Å². The van der Waals surface area contributed by atoms with Gasteiger partial charge in [-0.1, -0.05) is 151 Å². The van der Waals surface area contributed by atoms with Crippen LogP contribution in [-0.4, -0.2) is 0 Å². The molecule has 2 aromatic rings. The molecule has 1 aromatic heterocycles. The minimum absolute atomic E-state index is 1.14. The van der Waals surface area contributed by atoms with Gasteiger partial charge in [-0.2, -0.15) is 0 Å². The van der Waals surface area contributed by atoms with Crippen LogP contribution < -0.4 is 4.57 Å². The average Bonchev–Trinajstić information content (AvgIpc) is 2.88. The largest absolute Gasteiger partial charge is 0.205 e. The van der Waals surface area contributed by atoms with Crippen LogP contribution >= 0.6 is 0 Å². The fourth-order valence-electron chi connectivity index (χ4n) is 4.47. The van der Waals surface area contributed by atoms with Crippen molar-refractivity contribution < 1.29 is 4.57 Å². The Morgan fingerprint density at radius 1 is 0.500 bits per heavy atom. The lowest BCUT2D eigenvalue weighted by molar-refractivity contribution is -0.697. The maximum atomic E-state index is 2.32. The molecular weight excluding hydrogens is 410 g/mol. The van der Waals surface area contributed by atoms with Crippen LogP contribution in [0.15, 0.2) is 67.0 Å². The number of hydrogen-bond donors (Lipinski definition) is 0. The molecule has 0 fully saturated rings. The predicted octanol–water partition coefficient (Wildman–Crippen LogP) is 9.96. The summed E-state index contributed by atoms with van der Waals surface area (Å²) in [5.41, 5.74) is 2.48. The molecule has 2 rings (SSSR count). The predicted molar refractivity (Wildman–Crippen MR) is 151 cm³/mol. The number of rotatable bonds is 20. The number of unbranched alkanes of at least 4 members (excludes halogenated alkanes) is 15. The number of aromatic nitrogens is 1. The van der Waals surface area contributed by atoms with Gasteiger partial charge < -0.3 is 0 Å². The lowest BCUT2D eigenvalue weighted by atomic mass is 10.0. The van der Waals surface area contributed by atoms with E-state index in [9.17, 15) is 0 Å². The Hall–Kier alpha value is -2.15. The van der Waals surface area contributed by atoms with E-state index in [1.54, 1.807) is 0 Å². The van der Waals surface area contributed by atoms with E-state index >= 15 is 0 Å². The zero-order chi connectivity index (χ0) is 23.9. The highest BCUT2D eigenvalue weighted by atomic mass is 14.9. The van der Waals surface area contributed by atoms with E-state index in [1.807, 2.05) is 6.07 Å². The van der Waals surface area contributed by atoms with Crippen LogP contribution in [0.4, 0.5) is 0 Å². The zero-order valence-electron chi connectivity index (χ0n) is 22.0. The van der Waals surface area contributed by atoms with E-state index in [-0.39, 0.29) is 0 Å². The molecule has 34 heavy (non-hydrogen) atoms. The lowest BCUT2D eigenvalue weighted by Gasteiger charge is -2.03. The maximum absolute atomic E-state index is 2.32. The van der Waals surface area contributed by atoms with Gasteiger partial charge in [-0.25, -0.2) is 4.57 Å².